The van der Waals surface area contributed by atoms with E-state index >= 15 is 0 Å². The quantitative estimate of drug-likeness (QED) is 0.667. The molecule has 0 saturated carbocycles. The van der Waals surface area contributed by atoms with Crippen LogP contribution >= 0.6 is 12.2 Å². The largest absolute Gasteiger partial charge is 0.497 e. The molecule has 128 valence electrons. The number of anilines is 1. The first-order valence-electron chi connectivity index (χ1n) is 7.77. The average Bonchev–Trinajstić information content (AvgIpc) is 2.96. The minimum absolute atomic E-state index is 0.131. The number of carbonyl (C=O) groups excluding carboxylic acids is 1. The van der Waals surface area contributed by atoms with Crippen LogP contribution in [0.15, 0.2) is 54.6 Å². The summed E-state index contributed by atoms with van der Waals surface area (Å²) in [6.07, 6.45) is 0.131. The number of rotatable bonds is 6. The molecule has 0 fully saturated rings. The Labute approximate surface area is 150 Å². The Bertz CT molecular complexity index is 901. The fourth-order valence-corrected chi connectivity index (χ4v) is 2.65. The molecule has 0 spiro atoms. The van der Waals surface area contributed by atoms with Crippen LogP contribution < -0.4 is 10.1 Å². The Kier molecular flexibility index (Phi) is 5.25. The Morgan fingerprint density at radius 1 is 1.20 bits per heavy atom. The van der Waals surface area contributed by atoms with Crippen molar-refractivity contribution in [2.75, 3.05) is 12.4 Å². The first-order valence-corrected chi connectivity index (χ1v) is 8.18. The van der Waals surface area contributed by atoms with Crippen LogP contribution in [0.5, 0.6) is 5.75 Å². The lowest BCUT2D eigenvalue weighted by Gasteiger charge is -2.08. The molecule has 0 bridgehead atoms. The predicted molar refractivity (Wildman–Crippen MR) is 98.3 cm³/mol. The van der Waals surface area contributed by atoms with Crippen molar-refractivity contribution < 1.29 is 9.53 Å². The van der Waals surface area contributed by atoms with Crippen molar-refractivity contribution >= 4 is 23.8 Å². The van der Waals surface area contributed by atoms with Crippen molar-refractivity contribution in [1.82, 2.24) is 14.8 Å². The zero-order valence-electron chi connectivity index (χ0n) is 13.7. The molecule has 1 aromatic heterocycles. The Morgan fingerprint density at radius 2 is 1.92 bits per heavy atom. The minimum atomic E-state index is -0.159. The third-order valence-corrected chi connectivity index (χ3v) is 4.02. The summed E-state index contributed by atoms with van der Waals surface area (Å²) in [6.45, 7) is 0.571. The summed E-state index contributed by atoms with van der Waals surface area (Å²) in [6, 6.07) is 17.1. The summed E-state index contributed by atoms with van der Waals surface area (Å²) in [7, 11) is 1.60. The minimum Gasteiger partial charge on any atom is -0.497 e. The number of carbonyl (C=O) groups is 1. The number of nitrogens with one attached hydrogen (secondary N) is 2. The molecule has 0 unspecified atom stereocenters. The highest BCUT2D eigenvalue weighted by Gasteiger charge is 2.12. The maximum Gasteiger partial charge on any atom is 0.232 e. The Hall–Kier alpha value is -2.93. The summed E-state index contributed by atoms with van der Waals surface area (Å²) >= 11 is 5.28. The molecule has 6 nitrogen and oxygen atoms in total. The molecule has 3 rings (SSSR count). The molecule has 0 aliphatic rings. The number of aromatic amines is 1. The molecule has 0 saturated heterocycles. The van der Waals surface area contributed by atoms with Gasteiger partial charge in [-0.2, -0.15) is 5.10 Å². The molecule has 25 heavy (non-hydrogen) atoms. The van der Waals surface area contributed by atoms with E-state index in [0.29, 0.717) is 22.8 Å². The first-order chi connectivity index (χ1) is 12.2. The molecule has 1 amide bonds. The molecule has 7 heteroatoms. The highest BCUT2D eigenvalue weighted by molar-refractivity contribution is 7.71. The van der Waals surface area contributed by atoms with Gasteiger partial charge < -0.3 is 10.1 Å². The molecular weight excluding hydrogens is 336 g/mol. The summed E-state index contributed by atoms with van der Waals surface area (Å²) in [5, 5.41) is 9.79. The summed E-state index contributed by atoms with van der Waals surface area (Å²) in [5.74, 6) is 1.18. The van der Waals surface area contributed by atoms with Crippen LogP contribution in [0.4, 0.5) is 5.69 Å². The van der Waals surface area contributed by atoms with Gasteiger partial charge in [-0.25, -0.2) is 0 Å². The van der Waals surface area contributed by atoms with Crippen LogP contribution in [-0.2, 0) is 17.8 Å². The monoisotopic (exact) mass is 354 g/mol. The van der Waals surface area contributed by atoms with E-state index in [1.807, 2.05) is 34.9 Å². The van der Waals surface area contributed by atoms with E-state index in [-0.39, 0.29) is 12.3 Å². The topological polar surface area (TPSA) is 71.9 Å². The van der Waals surface area contributed by atoms with Crippen molar-refractivity contribution in [3.8, 4) is 5.75 Å². The van der Waals surface area contributed by atoms with E-state index in [1.165, 1.54) is 0 Å². The van der Waals surface area contributed by atoms with Crippen LogP contribution in [0, 0.1) is 4.77 Å². The summed E-state index contributed by atoms with van der Waals surface area (Å²) < 4.78 is 7.43. The van der Waals surface area contributed by atoms with Gasteiger partial charge in [-0.15, -0.1) is 0 Å². The Balaban J connectivity index is 1.70. The Morgan fingerprint density at radius 3 is 2.60 bits per heavy atom. The SMILES string of the molecule is COc1ccc(NC(=O)Cc2n[nH]c(=S)n2Cc2ccccc2)cc1. The lowest BCUT2D eigenvalue weighted by molar-refractivity contribution is -0.115. The third-order valence-electron chi connectivity index (χ3n) is 3.71. The molecule has 0 aliphatic carbocycles. The maximum atomic E-state index is 12.3. The number of hydrogen-bond donors (Lipinski definition) is 2. The van der Waals surface area contributed by atoms with Gasteiger partial charge in [0.1, 0.15) is 11.6 Å². The molecule has 2 N–H and O–H groups in total. The first kappa shape index (κ1) is 16.9. The molecule has 0 aliphatic heterocycles. The van der Waals surface area contributed by atoms with E-state index in [9.17, 15) is 4.79 Å². The predicted octanol–water partition coefficient (Wildman–Crippen LogP) is 3.18. The fraction of sp³-hybridized carbons (Fsp3) is 0.167. The third kappa shape index (κ3) is 4.33. The number of benzene rings is 2. The van der Waals surface area contributed by atoms with Crippen LogP contribution in [0.1, 0.15) is 11.4 Å². The second-order valence-corrected chi connectivity index (χ2v) is 5.86. The fourth-order valence-electron chi connectivity index (χ4n) is 2.44. The van der Waals surface area contributed by atoms with Crippen LogP contribution in [0.3, 0.4) is 0 Å². The van der Waals surface area contributed by atoms with E-state index < -0.39 is 0 Å². The van der Waals surface area contributed by atoms with Crippen LogP contribution in [-0.4, -0.2) is 27.8 Å². The summed E-state index contributed by atoms with van der Waals surface area (Å²) in [4.78, 5) is 12.3. The number of hydrogen-bond acceptors (Lipinski definition) is 4. The van der Waals surface area contributed by atoms with Gasteiger partial charge in [-0.05, 0) is 42.0 Å². The maximum absolute atomic E-state index is 12.3. The van der Waals surface area contributed by atoms with Gasteiger partial charge in [0, 0.05) is 5.69 Å². The lowest BCUT2D eigenvalue weighted by atomic mass is 10.2. The van der Waals surface area contributed by atoms with Crippen molar-refractivity contribution in [2.45, 2.75) is 13.0 Å². The van der Waals surface area contributed by atoms with Gasteiger partial charge in [-0.1, -0.05) is 30.3 Å². The molecule has 0 atom stereocenters. The highest BCUT2D eigenvalue weighted by Crippen LogP contribution is 2.15. The van der Waals surface area contributed by atoms with Crippen LogP contribution in [0.2, 0.25) is 0 Å². The number of aromatic nitrogens is 3. The van der Waals surface area contributed by atoms with Crippen molar-refractivity contribution in [1.29, 1.82) is 0 Å². The lowest BCUT2D eigenvalue weighted by Crippen LogP contribution is -2.18. The van der Waals surface area contributed by atoms with Crippen LogP contribution in [0.25, 0.3) is 0 Å². The second-order valence-electron chi connectivity index (χ2n) is 5.47. The normalized spacial score (nSPS) is 10.4. The summed E-state index contributed by atoms with van der Waals surface area (Å²) in [5.41, 5.74) is 1.80. The molecule has 0 radical (unpaired) electrons. The standard InChI is InChI=1S/C18H18N4O2S/c1-24-15-9-7-14(8-10-15)19-17(23)11-16-20-21-18(25)22(16)12-13-5-3-2-4-6-13/h2-10H,11-12H2,1H3,(H,19,23)(H,21,25). The van der Waals surface area contributed by atoms with Crippen molar-refractivity contribution in [2.24, 2.45) is 0 Å². The van der Waals surface area contributed by atoms with E-state index in [0.717, 1.165) is 11.3 Å². The smallest absolute Gasteiger partial charge is 0.232 e. The number of methoxy groups -OCH3 is 1. The van der Waals surface area contributed by atoms with Gasteiger partial charge in [0.15, 0.2) is 4.77 Å². The van der Waals surface area contributed by atoms with Gasteiger partial charge in [-0.3, -0.25) is 14.5 Å². The van der Waals surface area contributed by atoms with Gasteiger partial charge in [0.05, 0.1) is 20.1 Å². The highest BCUT2D eigenvalue weighted by atomic mass is 32.1. The number of amides is 1. The van der Waals surface area contributed by atoms with E-state index in [4.69, 9.17) is 17.0 Å². The number of ether oxygens (including phenoxy) is 1. The van der Waals surface area contributed by atoms with Gasteiger partial charge in [0.25, 0.3) is 0 Å². The van der Waals surface area contributed by atoms with Crippen molar-refractivity contribution in [3.05, 3.63) is 70.8 Å². The number of H-pyrrole nitrogens is 1. The zero-order valence-corrected chi connectivity index (χ0v) is 14.5. The number of nitrogens with zero attached hydrogens (tertiary/aromatic N) is 2. The molecular formula is C18H18N4O2S. The average molecular weight is 354 g/mol. The molecule has 1 heterocycles. The van der Waals surface area contributed by atoms with Crippen molar-refractivity contribution in [3.63, 3.8) is 0 Å². The van der Waals surface area contributed by atoms with E-state index in [2.05, 4.69) is 15.5 Å². The van der Waals surface area contributed by atoms with Gasteiger partial charge in [0.2, 0.25) is 5.91 Å². The second kappa shape index (κ2) is 7.76. The van der Waals surface area contributed by atoms with Gasteiger partial charge >= 0.3 is 0 Å². The molecule has 2 aromatic carbocycles. The zero-order chi connectivity index (χ0) is 17.6. The molecule has 3 aromatic rings. The van der Waals surface area contributed by atoms with E-state index in [1.54, 1.807) is 31.4 Å².